The molecule has 0 aliphatic carbocycles. The summed E-state index contributed by atoms with van der Waals surface area (Å²) in [6, 6.07) is 0. The zero-order valence-electron chi connectivity index (χ0n) is 9.12. The first kappa shape index (κ1) is 12.0. The van der Waals surface area contributed by atoms with Gasteiger partial charge in [-0.25, -0.2) is 0 Å². The number of aliphatic hydroxyl groups excluding tert-OH is 1. The fourth-order valence-corrected chi connectivity index (χ4v) is 2.19. The van der Waals surface area contributed by atoms with Gasteiger partial charge in [0.1, 0.15) is 0 Å². The number of hydrogen-bond donors (Lipinski definition) is 2. The SMILES string of the molecule is NCCCN1CCC(CCCO)CC1. The molecule has 3 N–H and O–H groups in total. The van der Waals surface area contributed by atoms with Crippen LogP contribution in [0.1, 0.15) is 32.1 Å². The summed E-state index contributed by atoms with van der Waals surface area (Å²) in [6.45, 7) is 4.80. The molecule has 0 aromatic heterocycles. The van der Waals surface area contributed by atoms with Gasteiger partial charge >= 0.3 is 0 Å². The van der Waals surface area contributed by atoms with E-state index in [-0.39, 0.29) is 0 Å². The molecule has 0 bridgehead atoms. The van der Waals surface area contributed by atoms with Gasteiger partial charge in [0.25, 0.3) is 0 Å². The molecular weight excluding hydrogens is 176 g/mol. The lowest BCUT2D eigenvalue weighted by atomic mass is 9.92. The minimum atomic E-state index is 0.355. The average molecular weight is 200 g/mol. The number of hydrogen-bond acceptors (Lipinski definition) is 3. The Labute approximate surface area is 87.3 Å². The van der Waals surface area contributed by atoms with Crippen LogP contribution in [0.25, 0.3) is 0 Å². The summed E-state index contributed by atoms with van der Waals surface area (Å²) in [7, 11) is 0. The van der Waals surface area contributed by atoms with Crippen molar-refractivity contribution >= 4 is 0 Å². The molecule has 1 saturated heterocycles. The number of aliphatic hydroxyl groups is 1. The number of piperidine rings is 1. The van der Waals surface area contributed by atoms with Crippen LogP contribution in [0.5, 0.6) is 0 Å². The van der Waals surface area contributed by atoms with Gasteiger partial charge in [-0.15, -0.1) is 0 Å². The van der Waals surface area contributed by atoms with E-state index in [4.69, 9.17) is 10.8 Å². The molecule has 3 nitrogen and oxygen atoms in total. The molecule has 0 aromatic carbocycles. The van der Waals surface area contributed by atoms with Crippen LogP contribution in [0.4, 0.5) is 0 Å². The minimum Gasteiger partial charge on any atom is -0.396 e. The van der Waals surface area contributed by atoms with E-state index in [1.54, 1.807) is 0 Å². The molecule has 1 heterocycles. The topological polar surface area (TPSA) is 49.5 Å². The molecule has 0 amide bonds. The van der Waals surface area contributed by atoms with Crippen molar-refractivity contribution in [3.05, 3.63) is 0 Å². The van der Waals surface area contributed by atoms with Crippen LogP contribution in [0.15, 0.2) is 0 Å². The van der Waals surface area contributed by atoms with Crippen molar-refractivity contribution in [2.24, 2.45) is 11.7 Å². The standard InChI is InChI=1S/C11H24N2O/c12-6-2-7-13-8-4-11(5-9-13)3-1-10-14/h11,14H,1-10,12H2. The molecular formula is C11H24N2O. The van der Waals surface area contributed by atoms with Gasteiger partial charge in [0.15, 0.2) is 0 Å². The summed E-state index contributed by atoms with van der Waals surface area (Å²) >= 11 is 0. The number of rotatable bonds is 6. The molecule has 0 unspecified atom stereocenters. The molecule has 0 atom stereocenters. The van der Waals surface area contributed by atoms with Crippen LogP contribution < -0.4 is 5.73 Å². The molecule has 1 rings (SSSR count). The highest BCUT2D eigenvalue weighted by Crippen LogP contribution is 2.21. The Bertz CT molecular complexity index is 117. The van der Waals surface area contributed by atoms with Crippen LogP contribution in [-0.4, -0.2) is 42.8 Å². The van der Waals surface area contributed by atoms with E-state index in [9.17, 15) is 0 Å². The molecule has 0 saturated carbocycles. The fourth-order valence-electron chi connectivity index (χ4n) is 2.19. The van der Waals surface area contributed by atoms with Crippen LogP contribution in [0.2, 0.25) is 0 Å². The Balaban J connectivity index is 2.05. The summed E-state index contributed by atoms with van der Waals surface area (Å²) in [5, 5.41) is 8.74. The molecule has 0 spiro atoms. The van der Waals surface area contributed by atoms with E-state index >= 15 is 0 Å². The summed E-state index contributed by atoms with van der Waals surface area (Å²) in [4.78, 5) is 2.52. The fraction of sp³-hybridized carbons (Fsp3) is 1.00. The third kappa shape index (κ3) is 4.40. The third-order valence-electron chi connectivity index (χ3n) is 3.16. The lowest BCUT2D eigenvalue weighted by Crippen LogP contribution is -2.35. The van der Waals surface area contributed by atoms with E-state index < -0.39 is 0 Å². The zero-order chi connectivity index (χ0) is 10.2. The Kier molecular flexibility index (Phi) is 6.15. The molecule has 1 fully saturated rings. The van der Waals surface area contributed by atoms with E-state index in [2.05, 4.69) is 4.90 Å². The van der Waals surface area contributed by atoms with E-state index in [1.807, 2.05) is 0 Å². The minimum absolute atomic E-state index is 0.355. The first-order valence-corrected chi connectivity index (χ1v) is 5.90. The van der Waals surface area contributed by atoms with E-state index in [1.165, 1.54) is 38.9 Å². The summed E-state index contributed by atoms with van der Waals surface area (Å²) in [5.41, 5.74) is 5.48. The molecule has 3 heteroatoms. The van der Waals surface area contributed by atoms with Crippen molar-refractivity contribution in [3.8, 4) is 0 Å². The van der Waals surface area contributed by atoms with Gasteiger partial charge in [0.05, 0.1) is 0 Å². The monoisotopic (exact) mass is 200 g/mol. The van der Waals surface area contributed by atoms with Crippen LogP contribution >= 0.6 is 0 Å². The van der Waals surface area contributed by atoms with Gasteiger partial charge in [0, 0.05) is 6.61 Å². The Morgan fingerprint density at radius 2 is 1.93 bits per heavy atom. The van der Waals surface area contributed by atoms with Crippen molar-refractivity contribution in [1.82, 2.24) is 4.90 Å². The van der Waals surface area contributed by atoms with Crippen molar-refractivity contribution < 1.29 is 5.11 Å². The normalized spacial score (nSPS) is 20.1. The van der Waals surface area contributed by atoms with Crippen LogP contribution in [0.3, 0.4) is 0 Å². The second kappa shape index (κ2) is 7.21. The maximum absolute atomic E-state index is 8.74. The van der Waals surface area contributed by atoms with Gasteiger partial charge < -0.3 is 15.7 Å². The molecule has 14 heavy (non-hydrogen) atoms. The molecule has 0 radical (unpaired) electrons. The first-order chi connectivity index (χ1) is 6.86. The lowest BCUT2D eigenvalue weighted by Gasteiger charge is -2.31. The van der Waals surface area contributed by atoms with Gasteiger partial charge in [-0.1, -0.05) is 0 Å². The van der Waals surface area contributed by atoms with Crippen molar-refractivity contribution in [2.45, 2.75) is 32.1 Å². The second-order valence-corrected chi connectivity index (χ2v) is 4.29. The maximum atomic E-state index is 8.74. The molecule has 0 aromatic rings. The summed E-state index contributed by atoms with van der Waals surface area (Å²) < 4.78 is 0. The molecule has 84 valence electrons. The summed E-state index contributed by atoms with van der Waals surface area (Å²) in [6.07, 6.45) is 5.94. The van der Waals surface area contributed by atoms with E-state index in [0.29, 0.717) is 6.61 Å². The zero-order valence-corrected chi connectivity index (χ0v) is 9.12. The van der Waals surface area contributed by atoms with Gasteiger partial charge in [-0.3, -0.25) is 0 Å². The number of nitrogens with zero attached hydrogens (tertiary/aromatic N) is 1. The van der Waals surface area contributed by atoms with E-state index in [0.717, 1.165) is 25.3 Å². The molecule has 1 aliphatic heterocycles. The first-order valence-electron chi connectivity index (χ1n) is 5.90. The third-order valence-corrected chi connectivity index (χ3v) is 3.16. The quantitative estimate of drug-likeness (QED) is 0.667. The summed E-state index contributed by atoms with van der Waals surface area (Å²) in [5.74, 6) is 0.858. The van der Waals surface area contributed by atoms with Crippen molar-refractivity contribution in [3.63, 3.8) is 0 Å². The average Bonchev–Trinajstić information content (AvgIpc) is 2.25. The lowest BCUT2D eigenvalue weighted by molar-refractivity contribution is 0.169. The predicted molar refractivity (Wildman–Crippen MR) is 59.2 cm³/mol. The Morgan fingerprint density at radius 3 is 2.50 bits per heavy atom. The predicted octanol–water partition coefficient (Wildman–Crippen LogP) is 0.820. The maximum Gasteiger partial charge on any atom is 0.0431 e. The smallest absolute Gasteiger partial charge is 0.0431 e. The highest BCUT2D eigenvalue weighted by molar-refractivity contribution is 4.72. The van der Waals surface area contributed by atoms with Gasteiger partial charge in [0.2, 0.25) is 0 Å². The van der Waals surface area contributed by atoms with Crippen LogP contribution in [-0.2, 0) is 0 Å². The van der Waals surface area contributed by atoms with Gasteiger partial charge in [-0.2, -0.15) is 0 Å². The molecule has 1 aliphatic rings. The van der Waals surface area contributed by atoms with Crippen LogP contribution in [0, 0.1) is 5.92 Å². The van der Waals surface area contributed by atoms with Gasteiger partial charge in [-0.05, 0) is 64.2 Å². The highest BCUT2D eigenvalue weighted by atomic mass is 16.2. The Hall–Kier alpha value is -0.120. The second-order valence-electron chi connectivity index (χ2n) is 4.29. The van der Waals surface area contributed by atoms with Crippen molar-refractivity contribution in [1.29, 1.82) is 0 Å². The largest absolute Gasteiger partial charge is 0.396 e. The van der Waals surface area contributed by atoms with Crippen molar-refractivity contribution in [2.75, 3.05) is 32.8 Å². The number of likely N-dealkylation sites (tertiary alicyclic amines) is 1. The Morgan fingerprint density at radius 1 is 1.21 bits per heavy atom. The highest BCUT2D eigenvalue weighted by Gasteiger charge is 2.17. The number of nitrogens with two attached hydrogens (primary N) is 1.